The number of fused-ring (bicyclic) bond motifs is 1. The number of hydrogen-bond donors (Lipinski definition) is 0. The average Bonchev–Trinajstić information content (AvgIpc) is 2.73. The van der Waals surface area contributed by atoms with Crippen LogP contribution in [0.5, 0.6) is 0 Å². The molecule has 2 unspecified atom stereocenters. The van der Waals surface area contributed by atoms with Gasteiger partial charge < -0.3 is 0 Å². The van der Waals surface area contributed by atoms with E-state index >= 15 is 0 Å². The van der Waals surface area contributed by atoms with Gasteiger partial charge >= 0.3 is 0 Å². The van der Waals surface area contributed by atoms with Gasteiger partial charge in [-0.1, -0.05) is 86.4 Å². The average molecular weight is 419 g/mol. The molecule has 3 aromatic rings. The molecule has 4 heteroatoms. The number of sulfone groups is 1. The van der Waals surface area contributed by atoms with Crippen molar-refractivity contribution in [1.29, 1.82) is 0 Å². The first-order valence-corrected chi connectivity index (χ1v) is 15.4. The van der Waals surface area contributed by atoms with Gasteiger partial charge in [-0.3, -0.25) is 0 Å². The molecule has 0 amide bonds. The van der Waals surface area contributed by atoms with Gasteiger partial charge in [-0.2, -0.15) is 0 Å². The van der Waals surface area contributed by atoms with Gasteiger partial charge in [-0.15, -0.1) is 0 Å². The van der Waals surface area contributed by atoms with Crippen LogP contribution in [0.4, 0.5) is 0 Å². The molecule has 6 rings (SSSR count). The summed E-state index contributed by atoms with van der Waals surface area (Å²) >= 11 is 0. The van der Waals surface area contributed by atoms with Crippen molar-refractivity contribution in [2.45, 2.75) is 47.2 Å². The predicted octanol–water partition coefficient (Wildman–Crippen LogP) is 5.83. The maximum atomic E-state index is 14.1. The van der Waals surface area contributed by atoms with E-state index in [0.717, 1.165) is 0 Å². The fraction of sp³-hybridized carbons (Fsp3) is 0.280. The van der Waals surface area contributed by atoms with Crippen molar-refractivity contribution in [2.24, 2.45) is 0 Å². The van der Waals surface area contributed by atoms with E-state index in [1.165, 1.54) is 22.3 Å². The van der Waals surface area contributed by atoms with Crippen molar-refractivity contribution in [2.75, 3.05) is 0 Å². The van der Waals surface area contributed by atoms with Crippen molar-refractivity contribution in [3.8, 4) is 0 Å². The number of hydrogen-bond acceptors (Lipinski definition) is 2. The minimum absolute atomic E-state index is 0.102. The first-order chi connectivity index (χ1) is 13.8. The van der Waals surface area contributed by atoms with E-state index in [2.05, 4.69) is 68.2 Å². The summed E-state index contributed by atoms with van der Waals surface area (Å²) in [6.45, 7) is 6.99. The Hall–Kier alpha value is -2.17. The Labute approximate surface area is 174 Å². The van der Waals surface area contributed by atoms with Crippen LogP contribution >= 0.6 is 0 Å². The Morgan fingerprint density at radius 2 is 1.03 bits per heavy atom. The van der Waals surface area contributed by atoms with Crippen LogP contribution < -0.4 is 0 Å². The largest absolute Gasteiger partial charge is 0.223 e. The zero-order valence-electron chi connectivity index (χ0n) is 17.0. The quantitative estimate of drug-likeness (QED) is 0.502. The molecule has 0 spiro atoms. The van der Waals surface area contributed by atoms with Gasteiger partial charge in [0, 0.05) is 19.9 Å². The number of rotatable bonds is 3. The summed E-state index contributed by atoms with van der Waals surface area (Å²) in [7, 11) is -5.31. The maximum Gasteiger partial charge on any atom is 0.182 e. The fourth-order valence-corrected chi connectivity index (χ4v) is 12.1. The minimum Gasteiger partial charge on any atom is -0.223 e. The van der Waals surface area contributed by atoms with E-state index in [1.54, 1.807) is 12.1 Å². The van der Waals surface area contributed by atoms with Gasteiger partial charge in [0.15, 0.2) is 9.84 Å². The highest BCUT2D eigenvalue weighted by Crippen LogP contribution is 2.62. The summed E-state index contributed by atoms with van der Waals surface area (Å²) in [5, 5.41) is -0.411. The molecule has 0 aromatic heterocycles. The van der Waals surface area contributed by atoms with Crippen LogP contribution in [0.15, 0.2) is 83.8 Å². The van der Waals surface area contributed by atoms with E-state index in [-0.39, 0.29) is 17.4 Å². The molecule has 0 heterocycles. The Balaban J connectivity index is 1.84. The summed E-state index contributed by atoms with van der Waals surface area (Å²) in [4.78, 5) is 0.454. The molecule has 3 aliphatic carbocycles. The molecule has 0 fully saturated rings. The first kappa shape index (κ1) is 18.8. The molecule has 0 aliphatic heterocycles. The predicted molar refractivity (Wildman–Crippen MR) is 121 cm³/mol. The molecule has 0 saturated heterocycles. The topological polar surface area (TPSA) is 34.1 Å². The lowest BCUT2D eigenvalue weighted by atomic mass is 9.63. The van der Waals surface area contributed by atoms with Crippen LogP contribution in [-0.2, 0) is 9.84 Å². The molecule has 3 aliphatic rings. The molecule has 0 N–H and O–H groups in total. The summed E-state index contributed by atoms with van der Waals surface area (Å²) in [6.07, 6.45) is 0. The first-order valence-electron chi connectivity index (χ1n) is 10.3. The molecule has 2 bridgehead atoms. The Morgan fingerprint density at radius 3 is 1.48 bits per heavy atom. The monoisotopic (exact) mass is 418 g/mol. The molecule has 0 saturated carbocycles. The Bertz CT molecular complexity index is 1130. The van der Waals surface area contributed by atoms with Crippen molar-refractivity contribution in [3.05, 3.63) is 101 Å². The second kappa shape index (κ2) is 6.41. The van der Waals surface area contributed by atoms with Crippen LogP contribution in [0.3, 0.4) is 0 Å². The zero-order chi connectivity index (χ0) is 20.4. The summed E-state index contributed by atoms with van der Waals surface area (Å²) in [6, 6.07) is 26.1. The van der Waals surface area contributed by atoms with Crippen LogP contribution in [0, 0.1) is 0 Å². The van der Waals surface area contributed by atoms with Gasteiger partial charge in [0.05, 0.1) is 10.1 Å². The second-order valence-corrected chi connectivity index (χ2v) is 16.9. The van der Waals surface area contributed by atoms with Gasteiger partial charge in [0.1, 0.15) is 0 Å². The summed E-state index contributed by atoms with van der Waals surface area (Å²) in [5.41, 5.74) is 5.22. The van der Waals surface area contributed by atoms with E-state index in [4.69, 9.17) is 0 Å². The third-order valence-electron chi connectivity index (χ3n) is 6.80. The third kappa shape index (κ3) is 2.69. The highest BCUT2D eigenvalue weighted by atomic mass is 32.2. The summed E-state index contributed by atoms with van der Waals surface area (Å²) < 4.78 is 28.2. The Kier molecular flexibility index (Phi) is 4.16. The van der Waals surface area contributed by atoms with Gasteiger partial charge in [0.2, 0.25) is 0 Å². The molecule has 29 heavy (non-hydrogen) atoms. The molecule has 148 valence electrons. The number of benzene rings is 3. The molecule has 3 aromatic carbocycles. The van der Waals surface area contributed by atoms with Gasteiger partial charge in [0.25, 0.3) is 0 Å². The second-order valence-electron chi connectivity index (χ2n) is 9.43. The normalized spacial score (nSPS) is 25.3. The molecule has 2 atom stereocenters. The minimum atomic E-state index is -3.48. The van der Waals surface area contributed by atoms with E-state index in [9.17, 15) is 8.42 Å². The lowest BCUT2D eigenvalue weighted by Gasteiger charge is -2.54. The summed E-state index contributed by atoms with van der Waals surface area (Å²) in [5.74, 6) is 0.0527. The SMILES string of the molecule is C[Si](C)(C)C1C2c3ccccc3C(c3ccccc32)C1S(=O)(=O)c1ccccc1. The third-order valence-corrected chi connectivity index (χ3v) is 11.9. The lowest BCUT2D eigenvalue weighted by molar-refractivity contribution is 0.483. The Morgan fingerprint density at radius 1 is 0.621 bits per heavy atom. The van der Waals surface area contributed by atoms with Crippen molar-refractivity contribution >= 4 is 17.9 Å². The fourth-order valence-electron chi connectivity index (χ4n) is 5.76. The van der Waals surface area contributed by atoms with E-state index < -0.39 is 23.2 Å². The molecular weight excluding hydrogens is 392 g/mol. The van der Waals surface area contributed by atoms with Crippen LogP contribution in [0.25, 0.3) is 0 Å². The van der Waals surface area contributed by atoms with E-state index in [0.29, 0.717) is 4.90 Å². The van der Waals surface area contributed by atoms with E-state index in [1.807, 2.05) is 18.2 Å². The van der Waals surface area contributed by atoms with Gasteiger partial charge in [-0.25, -0.2) is 8.42 Å². The highest BCUT2D eigenvalue weighted by molar-refractivity contribution is 7.92. The maximum absolute atomic E-state index is 14.1. The zero-order valence-corrected chi connectivity index (χ0v) is 18.9. The van der Waals surface area contributed by atoms with Crippen LogP contribution in [0.1, 0.15) is 34.1 Å². The van der Waals surface area contributed by atoms with Crippen LogP contribution in [-0.4, -0.2) is 21.7 Å². The molecular formula is C25H26O2SSi. The van der Waals surface area contributed by atoms with Crippen LogP contribution in [0.2, 0.25) is 25.2 Å². The smallest absolute Gasteiger partial charge is 0.182 e. The molecule has 0 radical (unpaired) electrons. The van der Waals surface area contributed by atoms with Gasteiger partial charge in [-0.05, 0) is 39.9 Å². The highest BCUT2D eigenvalue weighted by Gasteiger charge is 2.58. The molecule has 2 nitrogen and oxygen atoms in total. The van der Waals surface area contributed by atoms with Crippen molar-refractivity contribution < 1.29 is 8.42 Å². The van der Waals surface area contributed by atoms with Crippen molar-refractivity contribution in [3.63, 3.8) is 0 Å². The standard InChI is InChI=1S/C25H26O2SSi/c1-29(2,3)25-23-20-15-9-7-13-18(20)22(19-14-8-10-16-21(19)23)24(25)28(26,27)17-11-5-4-6-12-17/h4-16,22-25H,1-3H3. The lowest BCUT2D eigenvalue weighted by Crippen LogP contribution is -2.52. The van der Waals surface area contributed by atoms with Crippen molar-refractivity contribution in [1.82, 2.24) is 0 Å².